The number of guanidine groups is 1. The Hall–Kier alpha value is -3.11. The van der Waals surface area contributed by atoms with Crippen molar-refractivity contribution < 1.29 is 27.5 Å². The van der Waals surface area contributed by atoms with Gasteiger partial charge in [0.05, 0.1) is 11.9 Å². The number of nitrogens with zero attached hydrogens (tertiary/aromatic N) is 3. The summed E-state index contributed by atoms with van der Waals surface area (Å²) >= 11 is 0. The fourth-order valence-corrected chi connectivity index (χ4v) is 3.09. The quantitative estimate of drug-likeness (QED) is 0.711. The summed E-state index contributed by atoms with van der Waals surface area (Å²) in [6, 6.07) is 0.759. The molecular formula is C20H24F3N5O3. The summed E-state index contributed by atoms with van der Waals surface area (Å²) < 4.78 is 41.7. The minimum Gasteiger partial charge on any atom is -0.468 e. The number of carbonyl (C=O) groups is 2. The fraction of sp³-hybridized carbons (Fsp3) is 0.500. The standard InChI is InChI=1S/C20H24F3N5O3/c1-4-28-15(8-12(3)25-19(28)27-16(29)13-5-6-13)17(30)26-14-7-11(2)18(24-9-14)31-10-20(21,22)23/h7-9,13,15H,4-6,10H2,1-3H3,(H,26,30)(H,25,27,29). The summed E-state index contributed by atoms with van der Waals surface area (Å²) in [7, 11) is 0. The highest BCUT2D eigenvalue weighted by Gasteiger charge is 2.34. The largest absolute Gasteiger partial charge is 0.468 e. The van der Waals surface area contributed by atoms with Crippen molar-refractivity contribution in [2.45, 2.75) is 45.8 Å². The van der Waals surface area contributed by atoms with Crippen LogP contribution in [0.4, 0.5) is 18.9 Å². The van der Waals surface area contributed by atoms with Gasteiger partial charge >= 0.3 is 6.18 Å². The molecule has 1 fully saturated rings. The molecule has 0 bridgehead atoms. The number of hydrogen-bond acceptors (Lipinski definition) is 6. The lowest BCUT2D eigenvalue weighted by Gasteiger charge is -2.33. The Morgan fingerprint density at radius 2 is 1.94 bits per heavy atom. The maximum absolute atomic E-state index is 12.9. The number of aliphatic imine (C=N–C) groups is 1. The molecule has 31 heavy (non-hydrogen) atoms. The number of pyridine rings is 1. The average molecular weight is 439 g/mol. The van der Waals surface area contributed by atoms with E-state index in [-0.39, 0.29) is 23.6 Å². The van der Waals surface area contributed by atoms with Crippen molar-refractivity contribution >= 4 is 23.5 Å². The van der Waals surface area contributed by atoms with Crippen LogP contribution in [-0.4, -0.2) is 53.0 Å². The molecule has 1 aromatic heterocycles. The van der Waals surface area contributed by atoms with Gasteiger partial charge in [0.15, 0.2) is 6.61 Å². The van der Waals surface area contributed by atoms with Crippen LogP contribution in [0.25, 0.3) is 0 Å². The molecule has 2 N–H and O–H groups in total. The summed E-state index contributed by atoms with van der Waals surface area (Å²) in [5.41, 5.74) is 1.25. The van der Waals surface area contributed by atoms with E-state index in [9.17, 15) is 22.8 Å². The first-order valence-electron chi connectivity index (χ1n) is 9.89. The lowest BCUT2D eigenvalue weighted by atomic mass is 10.1. The van der Waals surface area contributed by atoms with Crippen LogP contribution in [0.3, 0.4) is 0 Å². The van der Waals surface area contributed by atoms with E-state index >= 15 is 0 Å². The Morgan fingerprint density at radius 3 is 2.52 bits per heavy atom. The van der Waals surface area contributed by atoms with Crippen molar-refractivity contribution in [2.24, 2.45) is 10.9 Å². The first-order valence-corrected chi connectivity index (χ1v) is 9.89. The second-order valence-corrected chi connectivity index (χ2v) is 7.48. The molecule has 0 saturated heterocycles. The van der Waals surface area contributed by atoms with Gasteiger partial charge in [-0.25, -0.2) is 9.98 Å². The molecule has 0 aromatic carbocycles. The Balaban J connectivity index is 1.69. The van der Waals surface area contributed by atoms with Gasteiger partial charge in [-0.2, -0.15) is 13.2 Å². The molecule has 1 aliphatic heterocycles. The number of halogens is 3. The predicted molar refractivity (Wildman–Crippen MR) is 107 cm³/mol. The van der Waals surface area contributed by atoms with Gasteiger partial charge in [0, 0.05) is 23.7 Å². The first kappa shape index (κ1) is 22.6. The zero-order valence-electron chi connectivity index (χ0n) is 17.4. The van der Waals surface area contributed by atoms with E-state index in [1.807, 2.05) is 6.92 Å². The number of nitrogens with one attached hydrogen (secondary N) is 2. The summed E-state index contributed by atoms with van der Waals surface area (Å²) in [6.45, 7) is 4.09. The molecule has 1 aromatic rings. The van der Waals surface area contributed by atoms with Crippen LogP contribution < -0.4 is 15.4 Å². The zero-order chi connectivity index (χ0) is 22.8. The van der Waals surface area contributed by atoms with Crippen LogP contribution in [0.15, 0.2) is 29.0 Å². The second-order valence-electron chi connectivity index (χ2n) is 7.48. The van der Waals surface area contributed by atoms with Gasteiger partial charge in [-0.05, 0) is 45.8 Å². The molecule has 168 valence electrons. The number of likely N-dealkylation sites (N-methyl/N-ethyl adjacent to an activating group) is 1. The molecule has 2 heterocycles. The molecule has 1 saturated carbocycles. The van der Waals surface area contributed by atoms with Gasteiger partial charge in [-0.3, -0.25) is 14.9 Å². The third-order valence-corrected chi connectivity index (χ3v) is 4.75. The maximum Gasteiger partial charge on any atom is 0.422 e. The van der Waals surface area contributed by atoms with Crippen molar-refractivity contribution in [1.82, 2.24) is 15.2 Å². The average Bonchev–Trinajstić information content (AvgIpc) is 3.51. The molecule has 2 aliphatic rings. The molecule has 11 heteroatoms. The molecule has 0 radical (unpaired) electrons. The monoisotopic (exact) mass is 439 g/mol. The number of carbonyl (C=O) groups excluding carboxylic acids is 2. The van der Waals surface area contributed by atoms with Crippen LogP contribution in [0.2, 0.25) is 0 Å². The third-order valence-electron chi connectivity index (χ3n) is 4.75. The van der Waals surface area contributed by atoms with Crippen LogP contribution in [-0.2, 0) is 9.59 Å². The van der Waals surface area contributed by atoms with Crippen LogP contribution >= 0.6 is 0 Å². The van der Waals surface area contributed by atoms with E-state index < -0.39 is 18.8 Å². The maximum atomic E-state index is 12.9. The molecule has 0 spiro atoms. The Labute approximate surface area is 177 Å². The summed E-state index contributed by atoms with van der Waals surface area (Å²) in [4.78, 5) is 35.0. The topological polar surface area (TPSA) is 95.9 Å². The van der Waals surface area contributed by atoms with Gasteiger partial charge in [0.2, 0.25) is 17.7 Å². The Bertz CT molecular complexity index is 925. The van der Waals surface area contributed by atoms with Gasteiger partial charge in [-0.1, -0.05) is 0 Å². The van der Waals surface area contributed by atoms with E-state index in [4.69, 9.17) is 0 Å². The summed E-state index contributed by atoms with van der Waals surface area (Å²) in [5.74, 6) is -0.340. The first-order chi connectivity index (χ1) is 14.6. The normalized spacial score (nSPS) is 18.8. The van der Waals surface area contributed by atoms with Gasteiger partial charge in [-0.15, -0.1) is 0 Å². The molecule has 2 amide bonds. The van der Waals surface area contributed by atoms with Crippen LogP contribution in [0.5, 0.6) is 5.88 Å². The number of anilines is 1. The number of aryl methyl sites for hydroxylation is 1. The van der Waals surface area contributed by atoms with E-state index in [2.05, 4.69) is 25.3 Å². The minimum absolute atomic E-state index is 0.00739. The summed E-state index contributed by atoms with van der Waals surface area (Å²) in [6.07, 6.45) is 0.130. The lowest BCUT2D eigenvalue weighted by molar-refractivity contribution is -0.154. The van der Waals surface area contributed by atoms with E-state index in [0.717, 1.165) is 12.8 Å². The Morgan fingerprint density at radius 1 is 1.23 bits per heavy atom. The second kappa shape index (κ2) is 8.94. The van der Waals surface area contributed by atoms with Crippen molar-refractivity contribution in [1.29, 1.82) is 0 Å². The number of hydrogen-bond donors (Lipinski definition) is 2. The number of alkyl halides is 3. The van der Waals surface area contributed by atoms with Crippen LogP contribution in [0, 0.1) is 12.8 Å². The molecular weight excluding hydrogens is 415 g/mol. The lowest BCUT2D eigenvalue weighted by Crippen LogP contribution is -2.54. The van der Waals surface area contributed by atoms with E-state index in [1.165, 1.54) is 19.2 Å². The highest BCUT2D eigenvalue weighted by Crippen LogP contribution is 2.29. The van der Waals surface area contributed by atoms with E-state index in [1.54, 1.807) is 17.9 Å². The van der Waals surface area contributed by atoms with E-state index in [0.29, 0.717) is 29.5 Å². The molecule has 1 atom stereocenters. The number of amides is 2. The van der Waals surface area contributed by atoms with Gasteiger partial charge in [0.25, 0.3) is 5.91 Å². The van der Waals surface area contributed by atoms with Gasteiger partial charge < -0.3 is 15.0 Å². The van der Waals surface area contributed by atoms with Crippen LogP contribution in [0.1, 0.15) is 32.3 Å². The molecule has 1 unspecified atom stereocenters. The van der Waals surface area contributed by atoms with Crippen molar-refractivity contribution in [3.05, 3.63) is 29.6 Å². The fourth-order valence-electron chi connectivity index (χ4n) is 3.09. The molecule has 1 aliphatic carbocycles. The number of allylic oxidation sites excluding steroid dienone is 1. The smallest absolute Gasteiger partial charge is 0.422 e. The number of rotatable bonds is 6. The van der Waals surface area contributed by atoms with Crippen molar-refractivity contribution in [2.75, 3.05) is 18.5 Å². The highest BCUT2D eigenvalue weighted by atomic mass is 19.4. The number of aromatic nitrogens is 1. The minimum atomic E-state index is -4.47. The third kappa shape index (κ3) is 5.96. The predicted octanol–water partition coefficient (Wildman–Crippen LogP) is 2.76. The zero-order valence-corrected chi connectivity index (χ0v) is 17.4. The SMILES string of the molecule is CCN1C(NC(=O)C2CC2)=NC(C)=CC1C(=O)Nc1cnc(OCC(F)(F)F)c(C)c1. The van der Waals surface area contributed by atoms with Crippen molar-refractivity contribution in [3.63, 3.8) is 0 Å². The summed E-state index contributed by atoms with van der Waals surface area (Å²) in [5, 5.41) is 5.51. The number of ether oxygens (including phenoxy) is 1. The highest BCUT2D eigenvalue weighted by molar-refractivity contribution is 6.04. The van der Waals surface area contributed by atoms with Crippen molar-refractivity contribution in [3.8, 4) is 5.88 Å². The van der Waals surface area contributed by atoms with Gasteiger partial charge in [0.1, 0.15) is 6.04 Å². The molecule has 3 rings (SSSR count). The molecule has 8 nitrogen and oxygen atoms in total. The Kier molecular flexibility index (Phi) is 6.51.